The van der Waals surface area contributed by atoms with Crippen LogP contribution in [0, 0.1) is 11.7 Å². The van der Waals surface area contributed by atoms with Gasteiger partial charge >= 0.3 is 4.87 Å². The van der Waals surface area contributed by atoms with Gasteiger partial charge in [-0.25, -0.2) is 9.29 Å². The van der Waals surface area contributed by atoms with Gasteiger partial charge in [0, 0.05) is 5.69 Å². The highest BCUT2D eigenvalue weighted by Crippen LogP contribution is 2.53. The number of halogens is 1. The smallest absolute Gasteiger partial charge is 0.308 e. The number of aromatic nitrogens is 1. The number of furan rings is 1. The Kier molecular flexibility index (Phi) is 5.81. The summed E-state index contributed by atoms with van der Waals surface area (Å²) in [5, 5.41) is 2.32. The summed E-state index contributed by atoms with van der Waals surface area (Å²) in [6, 6.07) is 17.4. The van der Waals surface area contributed by atoms with Gasteiger partial charge in [-0.05, 0) is 48.5 Å². The van der Waals surface area contributed by atoms with E-state index in [2.05, 4.69) is 5.32 Å². The number of carbonyl (C=O) groups excluding carboxylic acids is 3. The molecule has 2 aromatic heterocycles. The average Bonchev–Trinajstić information content (AvgIpc) is 3.59. The summed E-state index contributed by atoms with van der Waals surface area (Å²) >= 11 is 2.06. The van der Waals surface area contributed by atoms with Crippen LogP contribution in [0.1, 0.15) is 16.6 Å². The van der Waals surface area contributed by atoms with Crippen LogP contribution in [0.5, 0.6) is 0 Å². The van der Waals surface area contributed by atoms with Crippen LogP contribution in [-0.2, 0) is 20.9 Å². The zero-order valence-electron chi connectivity index (χ0n) is 19.0. The number of benzene rings is 2. The number of carbonyl (C=O) groups is 3. The lowest BCUT2D eigenvalue weighted by Crippen LogP contribution is -2.32. The third kappa shape index (κ3) is 4.00. The molecule has 0 bridgehead atoms. The quantitative estimate of drug-likeness (QED) is 0.387. The lowest BCUT2D eigenvalue weighted by molar-refractivity contribution is -0.122. The summed E-state index contributed by atoms with van der Waals surface area (Å²) in [7, 11) is 0. The van der Waals surface area contributed by atoms with Gasteiger partial charge in [0.15, 0.2) is 0 Å². The van der Waals surface area contributed by atoms with Crippen molar-refractivity contribution in [1.29, 1.82) is 0 Å². The minimum absolute atomic E-state index is 0.304. The number of hydrogen-bond donors (Lipinski definition) is 1. The van der Waals surface area contributed by atoms with Crippen molar-refractivity contribution in [3.63, 3.8) is 0 Å². The molecule has 0 aliphatic carbocycles. The van der Waals surface area contributed by atoms with E-state index in [9.17, 15) is 23.6 Å². The maximum absolute atomic E-state index is 13.6. The highest BCUT2D eigenvalue weighted by atomic mass is 32.2. The van der Waals surface area contributed by atoms with Crippen molar-refractivity contribution in [2.24, 2.45) is 5.92 Å². The second-order valence-electron chi connectivity index (χ2n) is 8.58. The first kappa shape index (κ1) is 23.4. The van der Waals surface area contributed by atoms with Crippen LogP contribution in [-0.4, -0.2) is 27.5 Å². The van der Waals surface area contributed by atoms with Gasteiger partial charge in [-0.3, -0.25) is 23.7 Å². The van der Waals surface area contributed by atoms with Crippen LogP contribution >= 0.6 is 23.1 Å². The molecule has 37 heavy (non-hydrogen) atoms. The molecule has 1 saturated heterocycles. The van der Waals surface area contributed by atoms with E-state index in [4.69, 9.17) is 4.42 Å². The number of nitrogens with one attached hydrogen (secondary N) is 1. The van der Waals surface area contributed by atoms with E-state index in [1.54, 1.807) is 42.5 Å². The second kappa shape index (κ2) is 9.16. The molecule has 2 aliphatic rings. The summed E-state index contributed by atoms with van der Waals surface area (Å²) in [5.41, 5.74) is 0.866. The van der Waals surface area contributed by atoms with Crippen LogP contribution in [0.3, 0.4) is 0 Å². The van der Waals surface area contributed by atoms with E-state index in [1.807, 2.05) is 0 Å². The normalized spacial score (nSPS) is 20.6. The fraction of sp³-hybridized carbons (Fsp3) is 0.154. The molecule has 1 N–H and O–H groups in total. The predicted octanol–water partition coefficient (Wildman–Crippen LogP) is 4.08. The van der Waals surface area contributed by atoms with Gasteiger partial charge in [0.2, 0.25) is 17.7 Å². The number of nitrogens with zero attached hydrogens (tertiary/aromatic N) is 2. The molecular weight excluding hydrogens is 517 g/mol. The van der Waals surface area contributed by atoms with Crippen LogP contribution in [0.25, 0.3) is 0 Å². The zero-order chi connectivity index (χ0) is 25.7. The summed E-state index contributed by atoms with van der Waals surface area (Å²) in [6.07, 6.45) is 1.48. The van der Waals surface area contributed by atoms with Crippen LogP contribution in [0.15, 0.2) is 87.2 Å². The van der Waals surface area contributed by atoms with Gasteiger partial charge in [0.25, 0.3) is 0 Å². The minimum Gasteiger partial charge on any atom is -0.469 e. The summed E-state index contributed by atoms with van der Waals surface area (Å²) in [5.74, 6) is -2.60. The van der Waals surface area contributed by atoms with Gasteiger partial charge in [-0.1, -0.05) is 41.3 Å². The first-order chi connectivity index (χ1) is 17.9. The molecule has 0 unspecified atom stereocenters. The Morgan fingerprint density at radius 2 is 1.73 bits per heavy atom. The number of imide groups is 1. The molecule has 4 heterocycles. The molecule has 4 aromatic rings. The van der Waals surface area contributed by atoms with Crippen LogP contribution < -0.4 is 15.1 Å². The number of rotatable bonds is 5. The van der Waals surface area contributed by atoms with Gasteiger partial charge in [-0.2, -0.15) is 0 Å². The number of fused-ring (bicyclic) bond motifs is 2. The highest BCUT2D eigenvalue weighted by molar-refractivity contribution is 8.00. The first-order valence-electron chi connectivity index (χ1n) is 11.3. The molecule has 0 spiro atoms. The number of hydrogen-bond acceptors (Lipinski definition) is 7. The van der Waals surface area contributed by atoms with Crippen molar-refractivity contribution in [3.8, 4) is 0 Å². The number of para-hydroxylation sites is 1. The highest BCUT2D eigenvalue weighted by Gasteiger charge is 2.57. The van der Waals surface area contributed by atoms with Crippen molar-refractivity contribution in [1.82, 2.24) is 4.57 Å². The Morgan fingerprint density at radius 3 is 2.43 bits per heavy atom. The molecule has 186 valence electrons. The zero-order valence-corrected chi connectivity index (χ0v) is 20.6. The topological polar surface area (TPSA) is 102 Å². The molecule has 0 saturated carbocycles. The van der Waals surface area contributed by atoms with Gasteiger partial charge in [0.1, 0.15) is 23.4 Å². The molecule has 11 heteroatoms. The minimum atomic E-state index is -0.796. The van der Waals surface area contributed by atoms with Crippen molar-refractivity contribution in [3.05, 3.63) is 99.1 Å². The maximum Gasteiger partial charge on any atom is 0.308 e. The van der Waals surface area contributed by atoms with E-state index in [1.165, 1.54) is 40.0 Å². The van der Waals surface area contributed by atoms with E-state index in [-0.39, 0.29) is 23.2 Å². The number of thiazole rings is 1. The van der Waals surface area contributed by atoms with E-state index in [0.29, 0.717) is 27.0 Å². The van der Waals surface area contributed by atoms with Crippen molar-refractivity contribution in [2.45, 2.75) is 22.7 Å². The Labute approximate surface area is 217 Å². The average molecular weight is 536 g/mol. The van der Waals surface area contributed by atoms with E-state index < -0.39 is 28.8 Å². The summed E-state index contributed by atoms with van der Waals surface area (Å²) in [4.78, 5) is 54.4. The number of thioether (sulfide) groups is 1. The molecule has 6 rings (SSSR count). The van der Waals surface area contributed by atoms with Gasteiger partial charge < -0.3 is 9.73 Å². The lowest BCUT2D eigenvalue weighted by atomic mass is 9.87. The second-order valence-corrected chi connectivity index (χ2v) is 10.7. The van der Waals surface area contributed by atoms with Gasteiger partial charge in [-0.15, -0.1) is 0 Å². The Bertz CT molecular complexity index is 1560. The predicted molar refractivity (Wildman–Crippen MR) is 136 cm³/mol. The van der Waals surface area contributed by atoms with Crippen molar-refractivity contribution >= 4 is 52.2 Å². The van der Waals surface area contributed by atoms with E-state index >= 15 is 0 Å². The molecule has 2 aromatic carbocycles. The largest absolute Gasteiger partial charge is 0.469 e. The third-order valence-corrected chi connectivity index (χ3v) is 8.95. The Hall–Kier alpha value is -3.96. The number of anilines is 2. The Morgan fingerprint density at radius 1 is 0.973 bits per heavy atom. The van der Waals surface area contributed by atoms with E-state index in [0.717, 1.165) is 23.1 Å². The van der Waals surface area contributed by atoms with Crippen molar-refractivity contribution < 1.29 is 23.2 Å². The fourth-order valence-electron chi connectivity index (χ4n) is 4.74. The first-order valence-corrected chi connectivity index (χ1v) is 13.0. The fourth-order valence-corrected chi connectivity index (χ4v) is 7.49. The standard InChI is InChI=1S/C26H18FN3O5S2/c27-14-8-10-15(11-9-14)28-18(31)13-29-25-22(37-26(29)34)19(17-7-4-12-35-17)20-21(36-25)24(33)30(23(20)32)16-5-2-1-3-6-16/h1-12,19-21H,13H2,(H,28,31)/t19-,20-,21+/m0/s1. The number of amides is 3. The Balaban J connectivity index is 1.38. The molecule has 3 atom stereocenters. The lowest BCUT2D eigenvalue weighted by Gasteiger charge is -2.29. The molecule has 3 amide bonds. The molecule has 2 aliphatic heterocycles. The molecule has 8 nitrogen and oxygen atoms in total. The molecule has 1 fully saturated rings. The maximum atomic E-state index is 13.6. The molecular formula is C26H18FN3O5S2. The monoisotopic (exact) mass is 535 g/mol. The summed E-state index contributed by atoms with van der Waals surface area (Å²) < 4.78 is 20.2. The van der Waals surface area contributed by atoms with Crippen LogP contribution in [0.2, 0.25) is 0 Å². The van der Waals surface area contributed by atoms with Gasteiger partial charge in [0.05, 0.1) is 33.7 Å². The SMILES string of the molecule is O=C(Cn1c2c(sc1=O)[C@@H](c1ccco1)[C@@H]1C(=O)N(c3ccccc3)C(=O)[C@@H]1S2)Nc1ccc(F)cc1. The van der Waals surface area contributed by atoms with Crippen molar-refractivity contribution in [2.75, 3.05) is 10.2 Å². The van der Waals surface area contributed by atoms with Crippen LogP contribution in [0.4, 0.5) is 15.8 Å². The molecule has 0 radical (unpaired) electrons. The summed E-state index contributed by atoms with van der Waals surface area (Å²) in [6.45, 7) is -0.304. The third-order valence-electron chi connectivity index (χ3n) is 6.34.